The predicted molar refractivity (Wildman–Crippen MR) is 141 cm³/mol. The number of pyridine rings is 3. The maximum atomic E-state index is 12.8. The summed E-state index contributed by atoms with van der Waals surface area (Å²) in [6.45, 7) is 1.25. The lowest BCUT2D eigenvalue weighted by Crippen LogP contribution is -2.46. The normalized spacial score (nSPS) is 22.3. The highest BCUT2D eigenvalue weighted by molar-refractivity contribution is 5.95. The van der Waals surface area contributed by atoms with Crippen molar-refractivity contribution in [3.8, 4) is 5.75 Å². The van der Waals surface area contributed by atoms with Crippen molar-refractivity contribution in [2.45, 2.75) is 50.4 Å². The van der Waals surface area contributed by atoms with Gasteiger partial charge in [-0.1, -0.05) is 0 Å². The number of carbonyl (C=O) groups excluding carboxylic acids is 2. The van der Waals surface area contributed by atoms with Gasteiger partial charge in [-0.2, -0.15) is 0 Å². The molecule has 3 aromatic heterocycles. The zero-order valence-corrected chi connectivity index (χ0v) is 21.0. The average Bonchev–Trinajstić information content (AvgIpc) is 3.26. The maximum Gasteiger partial charge on any atom is 0.416 e. The lowest BCUT2D eigenvalue weighted by molar-refractivity contribution is -0.118. The quantitative estimate of drug-likeness (QED) is 0.400. The van der Waals surface area contributed by atoms with E-state index in [0.717, 1.165) is 42.5 Å². The Morgan fingerprint density at radius 1 is 1.16 bits per heavy atom. The third-order valence-electron chi connectivity index (χ3n) is 7.36. The van der Waals surface area contributed by atoms with E-state index in [1.165, 1.54) is 0 Å². The highest BCUT2D eigenvalue weighted by atomic mass is 16.6. The van der Waals surface area contributed by atoms with Crippen LogP contribution in [0.25, 0.3) is 11.0 Å². The molecule has 3 aliphatic rings. The van der Waals surface area contributed by atoms with Gasteiger partial charge in [0.1, 0.15) is 11.9 Å². The number of nitrogens with one attached hydrogen (secondary N) is 3. The molecule has 6 rings (SSSR count). The van der Waals surface area contributed by atoms with E-state index in [4.69, 9.17) is 9.47 Å². The predicted octanol–water partition coefficient (Wildman–Crippen LogP) is 2.09. The van der Waals surface area contributed by atoms with Crippen LogP contribution in [0.2, 0.25) is 0 Å². The fourth-order valence-electron chi connectivity index (χ4n) is 5.47. The Morgan fingerprint density at radius 2 is 2.05 bits per heavy atom. The van der Waals surface area contributed by atoms with E-state index < -0.39 is 6.09 Å². The van der Waals surface area contributed by atoms with Crippen LogP contribution in [0.1, 0.15) is 25.7 Å². The van der Waals surface area contributed by atoms with Crippen LogP contribution in [0.4, 0.5) is 22.1 Å². The number of hydrogen-bond acceptors (Lipinski definition) is 9. The molecular formula is C26H29N7O5. The topological polar surface area (TPSA) is 140 Å². The molecule has 5 heterocycles. The molecule has 2 fully saturated rings. The fraction of sp³-hybridized carbons (Fsp3) is 0.423. The van der Waals surface area contributed by atoms with Crippen molar-refractivity contribution in [2.75, 3.05) is 35.7 Å². The molecule has 0 spiro atoms. The third kappa shape index (κ3) is 4.51. The molecule has 2 amide bonds. The van der Waals surface area contributed by atoms with Gasteiger partial charge in [-0.05, 0) is 50.1 Å². The first-order valence-electron chi connectivity index (χ1n) is 12.8. The van der Waals surface area contributed by atoms with Gasteiger partial charge in [-0.3, -0.25) is 19.5 Å². The second kappa shape index (κ2) is 9.93. The molecule has 38 heavy (non-hydrogen) atoms. The van der Waals surface area contributed by atoms with Crippen molar-refractivity contribution in [3.63, 3.8) is 0 Å². The second-order valence-electron chi connectivity index (χ2n) is 9.73. The summed E-state index contributed by atoms with van der Waals surface area (Å²) in [5, 5.41) is 9.33. The first-order valence-corrected chi connectivity index (χ1v) is 12.8. The molecule has 3 aromatic rings. The fourth-order valence-corrected chi connectivity index (χ4v) is 5.47. The van der Waals surface area contributed by atoms with E-state index in [9.17, 15) is 14.4 Å². The van der Waals surface area contributed by atoms with Gasteiger partial charge >= 0.3 is 6.09 Å². The summed E-state index contributed by atoms with van der Waals surface area (Å²) in [6, 6.07) is 8.76. The van der Waals surface area contributed by atoms with Crippen molar-refractivity contribution in [3.05, 3.63) is 46.9 Å². The van der Waals surface area contributed by atoms with Gasteiger partial charge in [0.15, 0.2) is 18.2 Å². The summed E-state index contributed by atoms with van der Waals surface area (Å²) in [4.78, 5) is 47.4. The summed E-state index contributed by atoms with van der Waals surface area (Å²) >= 11 is 0. The zero-order chi connectivity index (χ0) is 26.2. The molecule has 12 heteroatoms. The van der Waals surface area contributed by atoms with Crippen LogP contribution in [0.15, 0.2) is 41.3 Å². The molecule has 3 N–H and O–H groups in total. The van der Waals surface area contributed by atoms with Gasteiger partial charge in [0, 0.05) is 32.1 Å². The number of carbonyl (C=O) groups is 2. The molecule has 3 atom stereocenters. The van der Waals surface area contributed by atoms with Crippen molar-refractivity contribution < 1.29 is 19.1 Å². The van der Waals surface area contributed by atoms with Crippen LogP contribution in [0, 0.1) is 0 Å². The Kier molecular flexibility index (Phi) is 6.32. The summed E-state index contributed by atoms with van der Waals surface area (Å²) < 4.78 is 12.9. The monoisotopic (exact) mass is 519 g/mol. The zero-order valence-electron chi connectivity index (χ0n) is 21.0. The Morgan fingerprint density at radius 3 is 2.92 bits per heavy atom. The van der Waals surface area contributed by atoms with Crippen LogP contribution in [-0.2, 0) is 16.1 Å². The number of ether oxygens (including phenoxy) is 2. The van der Waals surface area contributed by atoms with Crippen LogP contribution in [-0.4, -0.2) is 64.9 Å². The standard InChI is InChI=1S/C26H29N7O5/c1-27-16-11-19-17(29-13-16)4-8-24(35)32(19)10-2-9-28-15-3-5-18-21(12-15)38-26(36)33(18)22-7-6-20-25(30-22)31-23(34)14-37-20/h4,6-8,11,13,15,18,21,27-28H,2-3,5,9-10,12,14H2,1H3,(H,30,31,34)/t15-,18-,21-/m0/s1. The van der Waals surface area contributed by atoms with Crippen LogP contribution in [0.3, 0.4) is 0 Å². The molecule has 0 aromatic carbocycles. The molecule has 0 radical (unpaired) electrons. The summed E-state index contributed by atoms with van der Waals surface area (Å²) in [7, 11) is 1.82. The summed E-state index contributed by atoms with van der Waals surface area (Å²) in [6.07, 6.45) is 4.18. The molecule has 2 aliphatic heterocycles. The number of nitrogens with zero attached hydrogens (tertiary/aromatic N) is 4. The smallest absolute Gasteiger partial charge is 0.416 e. The molecule has 0 unspecified atom stereocenters. The van der Waals surface area contributed by atoms with Crippen molar-refractivity contribution in [1.82, 2.24) is 19.9 Å². The van der Waals surface area contributed by atoms with Crippen molar-refractivity contribution in [1.29, 1.82) is 0 Å². The largest absolute Gasteiger partial charge is 0.480 e. The maximum absolute atomic E-state index is 12.8. The SMILES string of the molecule is CNc1cnc2ccc(=O)n(CCCN[C@H]3CC[C@H]4[C@H](C3)OC(=O)N4c3ccc4c(n3)NC(=O)CO4)c2c1. The van der Waals surface area contributed by atoms with E-state index in [1.807, 2.05) is 13.1 Å². The molecule has 1 saturated carbocycles. The summed E-state index contributed by atoms with van der Waals surface area (Å²) in [5.74, 6) is 0.957. The second-order valence-corrected chi connectivity index (χ2v) is 9.73. The van der Waals surface area contributed by atoms with Crippen molar-refractivity contribution in [2.24, 2.45) is 0 Å². The lowest BCUT2D eigenvalue weighted by Gasteiger charge is -2.33. The van der Waals surface area contributed by atoms with Gasteiger partial charge in [-0.25, -0.2) is 9.78 Å². The Balaban J connectivity index is 1.06. The van der Waals surface area contributed by atoms with Gasteiger partial charge in [0.05, 0.1) is 29.0 Å². The molecule has 1 saturated heterocycles. The van der Waals surface area contributed by atoms with Gasteiger partial charge in [0.2, 0.25) is 0 Å². The van der Waals surface area contributed by atoms with E-state index in [1.54, 1.807) is 39.9 Å². The number of amides is 2. The minimum atomic E-state index is -0.430. The highest BCUT2D eigenvalue weighted by Gasteiger charge is 2.46. The minimum Gasteiger partial charge on any atom is -0.480 e. The van der Waals surface area contributed by atoms with Crippen LogP contribution in [0.5, 0.6) is 5.75 Å². The van der Waals surface area contributed by atoms with Gasteiger partial charge in [-0.15, -0.1) is 0 Å². The van der Waals surface area contributed by atoms with E-state index in [2.05, 4.69) is 25.9 Å². The molecular weight excluding hydrogens is 490 g/mol. The van der Waals surface area contributed by atoms with E-state index >= 15 is 0 Å². The first kappa shape index (κ1) is 24.2. The number of rotatable bonds is 7. The van der Waals surface area contributed by atoms with Crippen LogP contribution >= 0.6 is 0 Å². The molecule has 1 aliphatic carbocycles. The summed E-state index contributed by atoms with van der Waals surface area (Å²) in [5.41, 5.74) is 2.40. The number of anilines is 3. The molecule has 198 valence electrons. The number of hydrogen-bond donors (Lipinski definition) is 3. The van der Waals surface area contributed by atoms with Gasteiger partial charge in [0.25, 0.3) is 11.5 Å². The molecule has 12 nitrogen and oxygen atoms in total. The number of fused-ring (bicyclic) bond motifs is 3. The van der Waals surface area contributed by atoms with E-state index in [-0.39, 0.29) is 36.3 Å². The Hall–Kier alpha value is -4.19. The lowest BCUT2D eigenvalue weighted by atomic mass is 9.88. The van der Waals surface area contributed by atoms with E-state index in [0.29, 0.717) is 30.4 Å². The number of aromatic nitrogens is 3. The van der Waals surface area contributed by atoms with Gasteiger partial charge < -0.3 is 30.0 Å². The van der Waals surface area contributed by atoms with Crippen molar-refractivity contribution >= 4 is 40.4 Å². The Bertz CT molecular complexity index is 1460. The average molecular weight is 520 g/mol. The number of aryl methyl sites for hydroxylation is 1. The third-order valence-corrected chi connectivity index (χ3v) is 7.36. The minimum absolute atomic E-state index is 0.0482. The highest BCUT2D eigenvalue weighted by Crippen LogP contribution is 2.37. The Labute approximate surface area is 218 Å². The molecule has 0 bridgehead atoms. The van der Waals surface area contributed by atoms with Crippen LogP contribution < -0.4 is 31.1 Å². The first-order chi connectivity index (χ1) is 18.5.